The number of hydrogen-bond acceptors (Lipinski definition) is 3. The molecule has 6 aromatic carbocycles. The van der Waals surface area contributed by atoms with E-state index in [2.05, 4.69) is 144 Å². The molecule has 8 heteroatoms. The van der Waals surface area contributed by atoms with Gasteiger partial charge in [0.15, 0.2) is 0 Å². The zero-order valence-electron chi connectivity index (χ0n) is 24.9. The Morgan fingerprint density at radius 1 is 0.298 bits per heavy atom. The Balaban J connectivity index is 1.37. The molecule has 0 bridgehead atoms. The molecule has 0 saturated carbocycles. The summed E-state index contributed by atoms with van der Waals surface area (Å²) in [7, 11) is 0. The highest BCUT2D eigenvalue weighted by Gasteiger charge is 2.21. The van der Waals surface area contributed by atoms with Crippen molar-refractivity contribution in [3.63, 3.8) is 0 Å². The van der Waals surface area contributed by atoms with Gasteiger partial charge in [0.25, 0.3) is 0 Å². The standard InChI is InChI=1S/C39H24N8/c1-2-12-25(13-3-1)43-35-23-22-26(24-36(35)47-32-19-9-6-16-29(32)40-37(43)47)44-38-41-27-14-4-7-17-30(27)45(38)33-20-10-11-21-34(33)46-31-18-8-5-15-28(31)42-39(44)46/h1-24H. The third kappa shape index (κ3) is 3.23. The predicted octanol–water partition coefficient (Wildman–Crippen LogP) is 8.54. The van der Waals surface area contributed by atoms with E-state index in [0.717, 1.165) is 83.9 Å². The number of fused-ring (bicyclic) bond motifs is 14. The van der Waals surface area contributed by atoms with Crippen molar-refractivity contribution in [2.45, 2.75) is 0 Å². The summed E-state index contributed by atoms with van der Waals surface area (Å²) in [5.41, 5.74) is 12.1. The average molecular weight is 605 g/mol. The molecule has 5 heterocycles. The average Bonchev–Trinajstić information content (AvgIpc) is 3.86. The van der Waals surface area contributed by atoms with Gasteiger partial charge in [-0.2, -0.15) is 0 Å². The Labute approximate surface area is 266 Å². The first-order valence-electron chi connectivity index (χ1n) is 15.7. The first kappa shape index (κ1) is 24.6. The Kier molecular flexibility index (Phi) is 4.69. The number of aromatic nitrogens is 8. The number of nitrogens with zero attached hydrogens (tertiary/aromatic N) is 8. The second kappa shape index (κ2) is 8.95. The monoisotopic (exact) mass is 604 g/mol. The summed E-state index contributed by atoms with van der Waals surface area (Å²) in [6, 6.07) is 50.5. The van der Waals surface area contributed by atoms with Gasteiger partial charge < -0.3 is 0 Å². The molecule has 0 atom stereocenters. The lowest BCUT2D eigenvalue weighted by Crippen LogP contribution is -2.02. The molecule has 5 aromatic heterocycles. The van der Waals surface area contributed by atoms with Crippen molar-refractivity contribution in [2.75, 3.05) is 0 Å². The topological polar surface area (TPSA) is 61.8 Å². The van der Waals surface area contributed by atoms with Gasteiger partial charge >= 0.3 is 0 Å². The van der Waals surface area contributed by atoms with E-state index in [-0.39, 0.29) is 0 Å². The summed E-state index contributed by atoms with van der Waals surface area (Å²) >= 11 is 0. The number of imidazole rings is 4. The fraction of sp³-hybridized carbons (Fsp3) is 0. The molecule has 11 rings (SSSR count). The summed E-state index contributed by atoms with van der Waals surface area (Å²) in [5, 5.41) is 0. The first-order valence-corrected chi connectivity index (χ1v) is 15.7. The lowest BCUT2D eigenvalue weighted by Gasteiger charge is -2.09. The van der Waals surface area contributed by atoms with Crippen LogP contribution >= 0.6 is 0 Å². The second-order valence-electron chi connectivity index (χ2n) is 11.9. The SMILES string of the molecule is c1ccc(-n2c3ccc(-n4c5nc6ccccc6n5c5ccccc5n5c6ccccc6nc45)cc3n3c4ccccc4nc23)cc1. The molecule has 0 unspecified atom stereocenters. The van der Waals surface area contributed by atoms with Gasteiger partial charge in [-0.3, -0.25) is 17.8 Å². The number of benzene rings is 6. The van der Waals surface area contributed by atoms with Gasteiger partial charge in [0, 0.05) is 5.69 Å². The Morgan fingerprint density at radius 3 is 1.26 bits per heavy atom. The van der Waals surface area contributed by atoms with E-state index in [1.165, 1.54) is 0 Å². The molecule has 8 nitrogen and oxygen atoms in total. The van der Waals surface area contributed by atoms with Crippen molar-refractivity contribution in [1.29, 1.82) is 0 Å². The zero-order valence-corrected chi connectivity index (χ0v) is 24.9. The van der Waals surface area contributed by atoms with Crippen LogP contribution in [0.2, 0.25) is 0 Å². The molecule has 0 N–H and O–H groups in total. The molecular weight excluding hydrogens is 580 g/mol. The molecular formula is C39H24N8. The van der Waals surface area contributed by atoms with Crippen molar-refractivity contribution >= 4 is 72.5 Å². The number of para-hydroxylation sites is 9. The van der Waals surface area contributed by atoms with Gasteiger partial charge in [0.05, 0.1) is 60.9 Å². The molecule has 220 valence electrons. The number of hydrogen-bond donors (Lipinski definition) is 0. The molecule has 0 saturated heterocycles. The van der Waals surface area contributed by atoms with Crippen molar-refractivity contribution in [1.82, 2.24) is 37.3 Å². The van der Waals surface area contributed by atoms with Gasteiger partial charge in [-0.05, 0) is 78.9 Å². The summed E-state index contributed by atoms with van der Waals surface area (Å²) < 4.78 is 11.2. The quantitative estimate of drug-likeness (QED) is 0.199. The van der Waals surface area contributed by atoms with Crippen LogP contribution in [-0.4, -0.2) is 37.3 Å². The molecule has 11 aromatic rings. The van der Waals surface area contributed by atoms with Crippen molar-refractivity contribution in [3.8, 4) is 11.4 Å². The molecule has 0 radical (unpaired) electrons. The zero-order chi connectivity index (χ0) is 30.6. The van der Waals surface area contributed by atoms with Crippen LogP contribution in [0.4, 0.5) is 0 Å². The van der Waals surface area contributed by atoms with Crippen LogP contribution in [0.5, 0.6) is 0 Å². The second-order valence-corrected chi connectivity index (χ2v) is 11.9. The van der Waals surface area contributed by atoms with E-state index in [9.17, 15) is 0 Å². The van der Waals surface area contributed by atoms with Crippen LogP contribution in [0.1, 0.15) is 0 Å². The minimum atomic E-state index is 0.779. The third-order valence-electron chi connectivity index (χ3n) is 9.31. The highest BCUT2D eigenvalue weighted by atomic mass is 15.3. The predicted molar refractivity (Wildman–Crippen MR) is 188 cm³/mol. The van der Waals surface area contributed by atoms with E-state index < -0.39 is 0 Å². The minimum Gasteiger partial charge on any atom is -0.278 e. The molecule has 0 aliphatic heterocycles. The maximum atomic E-state index is 5.29. The normalized spacial score (nSPS) is 12.3. The lowest BCUT2D eigenvalue weighted by molar-refractivity contribution is 1.03. The van der Waals surface area contributed by atoms with Crippen LogP contribution in [0.25, 0.3) is 83.9 Å². The Morgan fingerprint density at radius 2 is 0.723 bits per heavy atom. The van der Waals surface area contributed by atoms with Crippen LogP contribution in [0, 0.1) is 0 Å². The highest BCUT2D eigenvalue weighted by molar-refractivity contribution is 5.95. The van der Waals surface area contributed by atoms with E-state index in [1.54, 1.807) is 0 Å². The van der Waals surface area contributed by atoms with E-state index >= 15 is 0 Å². The third-order valence-corrected chi connectivity index (χ3v) is 9.31. The van der Waals surface area contributed by atoms with Crippen LogP contribution < -0.4 is 0 Å². The van der Waals surface area contributed by atoms with Crippen molar-refractivity contribution in [2.24, 2.45) is 0 Å². The van der Waals surface area contributed by atoms with Crippen molar-refractivity contribution < 1.29 is 0 Å². The van der Waals surface area contributed by atoms with Gasteiger partial charge in [-0.1, -0.05) is 66.7 Å². The minimum absolute atomic E-state index is 0.779. The van der Waals surface area contributed by atoms with Gasteiger partial charge in [0.2, 0.25) is 17.3 Å². The fourth-order valence-electron chi connectivity index (χ4n) is 7.32. The van der Waals surface area contributed by atoms with E-state index in [0.29, 0.717) is 0 Å². The summed E-state index contributed by atoms with van der Waals surface area (Å²) in [6.07, 6.45) is 0. The molecule has 0 aliphatic rings. The molecule has 47 heavy (non-hydrogen) atoms. The first-order chi connectivity index (χ1) is 23.3. The smallest absolute Gasteiger partial charge is 0.223 e. The largest absolute Gasteiger partial charge is 0.278 e. The molecule has 0 aliphatic carbocycles. The summed E-state index contributed by atoms with van der Waals surface area (Å²) in [6.45, 7) is 0. The molecule has 0 spiro atoms. The summed E-state index contributed by atoms with van der Waals surface area (Å²) in [4.78, 5) is 15.7. The van der Waals surface area contributed by atoms with Gasteiger partial charge in [0.1, 0.15) is 0 Å². The Hall–Kier alpha value is -6.67. The van der Waals surface area contributed by atoms with Crippen LogP contribution in [0.3, 0.4) is 0 Å². The Bertz CT molecular complexity index is 2970. The van der Waals surface area contributed by atoms with Gasteiger partial charge in [-0.25, -0.2) is 19.5 Å². The molecule has 0 amide bonds. The molecule has 0 fully saturated rings. The van der Waals surface area contributed by atoms with Gasteiger partial charge in [-0.15, -0.1) is 0 Å². The maximum Gasteiger partial charge on any atom is 0.223 e. The van der Waals surface area contributed by atoms with Crippen LogP contribution in [-0.2, 0) is 0 Å². The maximum absolute atomic E-state index is 5.29. The lowest BCUT2D eigenvalue weighted by atomic mass is 10.2. The van der Waals surface area contributed by atoms with Crippen molar-refractivity contribution in [3.05, 3.63) is 146 Å². The van der Waals surface area contributed by atoms with E-state index in [4.69, 9.17) is 15.0 Å². The van der Waals surface area contributed by atoms with Crippen LogP contribution in [0.15, 0.2) is 146 Å². The fourth-order valence-corrected chi connectivity index (χ4v) is 7.32. The number of rotatable bonds is 2. The summed E-state index contributed by atoms with van der Waals surface area (Å²) in [5.74, 6) is 2.43. The van der Waals surface area contributed by atoms with E-state index in [1.807, 2.05) is 24.3 Å². The highest BCUT2D eigenvalue weighted by Crippen LogP contribution is 2.33.